The van der Waals surface area contributed by atoms with Gasteiger partial charge in [0.2, 0.25) is 0 Å². The molecule has 0 fully saturated rings. The molecule has 3 aromatic rings. The van der Waals surface area contributed by atoms with Crippen LogP contribution in [0.5, 0.6) is 0 Å². The molecule has 1 amide bonds. The fraction of sp³-hybridized carbons (Fsp3) is 0.105. The SMILES string of the molecule is O=C(O)C[C@H](NC(=O)c1csc(-c2ccccc2F)n1)c1ccc(Cl)cc1Cl. The van der Waals surface area contributed by atoms with Crippen molar-refractivity contribution in [2.75, 3.05) is 0 Å². The van der Waals surface area contributed by atoms with Crippen molar-refractivity contribution in [2.45, 2.75) is 12.5 Å². The summed E-state index contributed by atoms with van der Waals surface area (Å²) in [6.07, 6.45) is -0.378. The van der Waals surface area contributed by atoms with Crippen LogP contribution in [0.4, 0.5) is 4.39 Å². The molecule has 0 unspecified atom stereocenters. The van der Waals surface area contributed by atoms with E-state index in [1.54, 1.807) is 30.3 Å². The summed E-state index contributed by atoms with van der Waals surface area (Å²) in [6.45, 7) is 0. The molecule has 0 saturated heterocycles. The number of aromatic nitrogens is 1. The zero-order valence-electron chi connectivity index (χ0n) is 14.2. The highest BCUT2D eigenvalue weighted by atomic mass is 35.5. The van der Waals surface area contributed by atoms with Gasteiger partial charge in [-0.1, -0.05) is 41.4 Å². The number of carbonyl (C=O) groups is 2. The zero-order valence-corrected chi connectivity index (χ0v) is 16.5. The van der Waals surface area contributed by atoms with E-state index in [0.717, 1.165) is 11.3 Å². The van der Waals surface area contributed by atoms with Gasteiger partial charge in [-0.05, 0) is 29.8 Å². The first-order valence-electron chi connectivity index (χ1n) is 8.03. The molecule has 1 atom stereocenters. The van der Waals surface area contributed by atoms with Gasteiger partial charge in [-0.15, -0.1) is 11.3 Å². The molecule has 0 aliphatic carbocycles. The minimum absolute atomic E-state index is 0.0590. The van der Waals surface area contributed by atoms with E-state index < -0.39 is 23.7 Å². The normalized spacial score (nSPS) is 11.8. The summed E-state index contributed by atoms with van der Waals surface area (Å²) in [7, 11) is 0. The summed E-state index contributed by atoms with van der Waals surface area (Å²) in [5, 5.41) is 14.3. The number of halogens is 3. The number of carboxylic acids is 1. The molecular weight excluding hydrogens is 426 g/mol. The number of benzene rings is 2. The number of nitrogens with one attached hydrogen (secondary N) is 1. The molecule has 0 spiro atoms. The first kappa shape index (κ1) is 20.3. The monoisotopic (exact) mass is 438 g/mol. The van der Waals surface area contributed by atoms with Crippen LogP contribution in [0.2, 0.25) is 10.0 Å². The Labute approximate surface area is 173 Å². The average molecular weight is 439 g/mol. The highest BCUT2D eigenvalue weighted by Crippen LogP contribution is 2.29. The predicted molar refractivity (Wildman–Crippen MR) is 106 cm³/mol. The van der Waals surface area contributed by atoms with E-state index in [1.165, 1.54) is 17.5 Å². The number of carbonyl (C=O) groups excluding carboxylic acids is 1. The minimum Gasteiger partial charge on any atom is -0.481 e. The maximum Gasteiger partial charge on any atom is 0.305 e. The summed E-state index contributed by atoms with van der Waals surface area (Å²) in [6, 6.07) is 9.82. The van der Waals surface area contributed by atoms with Gasteiger partial charge in [0.05, 0.1) is 12.5 Å². The molecule has 9 heteroatoms. The molecule has 2 N–H and O–H groups in total. The third-order valence-corrected chi connectivity index (χ3v) is 5.30. The average Bonchev–Trinajstić information content (AvgIpc) is 3.11. The van der Waals surface area contributed by atoms with Crippen molar-refractivity contribution in [2.24, 2.45) is 0 Å². The quantitative estimate of drug-likeness (QED) is 0.553. The number of aliphatic carboxylic acids is 1. The number of carboxylic acid groups (broad SMARTS) is 1. The highest BCUT2D eigenvalue weighted by Gasteiger charge is 2.23. The predicted octanol–water partition coefficient (Wildman–Crippen LogP) is 5.20. The molecule has 5 nitrogen and oxygen atoms in total. The van der Waals surface area contributed by atoms with Crippen LogP contribution in [0.1, 0.15) is 28.5 Å². The van der Waals surface area contributed by atoms with Gasteiger partial charge in [0.1, 0.15) is 16.5 Å². The van der Waals surface area contributed by atoms with Crippen molar-refractivity contribution in [3.8, 4) is 10.6 Å². The Hall–Kier alpha value is -2.48. The molecule has 1 aromatic heterocycles. The summed E-state index contributed by atoms with van der Waals surface area (Å²) in [5.74, 6) is -2.14. The Balaban J connectivity index is 1.84. The van der Waals surface area contributed by atoms with Gasteiger partial charge in [-0.3, -0.25) is 9.59 Å². The van der Waals surface area contributed by atoms with E-state index in [0.29, 0.717) is 15.6 Å². The van der Waals surface area contributed by atoms with E-state index in [4.69, 9.17) is 23.2 Å². The Morgan fingerprint density at radius 2 is 1.96 bits per heavy atom. The van der Waals surface area contributed by atoms with Gasteiger partial charge >= 0.3 is 5.97 Å². The number of hydrogen-bond acceptors (Lipinski definition) is 4. The third kappa shape index (κ3) is 4.67. The highest BCUT2D eigenvalue weighted by molar-refractivity contribution is 7.13. The van der Waals surface area contributed by atoms with Crippen LogP contribution in [-0.4, -0.2) is 22.0 Å². The lowest BCUT2D eigenvalue weighted by atomic mass is 10.0. The Morgan fingerprint density at radius 1 is 1.21 bits per heavy atom. The standard InChI is InChI=1S/C19H13Cl2FN2O3S/c20-10-5-6-11(13(21)7-10)15(8-17(25)26)23-18(27)16-9-28-19(24-16)12-3-1-2-4-14(12)22/h1-7,9,15H,8H2,(H,23,27)(H,25,26)/t15-/m0/s1. The second-order valence-electron chi connectivity index (χ2n) is 5.81. The molecule has 0 saturated carbocycles. The molecule has 1 heterocycles. The second kappa shape index (κ2) is 8.68. The van der Waals surface area contributed by atoms with Crippen LogP contribution >= 0.6 is 34.5 Å². The van der Waals surface area contributed by atoms with E-state index >= 15 is 0 Å². The van der Waals surface area contributed by atoms with E-state index in [1.807, 2.05) is 0 Å². The minimum atomic E-state index is -1.11. The molecule has 144 valence electrons. The van der Waals surface area contributed by atoms with Crippen molar-refractivity contribution in [1.29, 1.82) is 0 Å². The lowest BCUT2D eigenvalue weighted by molar-refractivity contribution is -0.137. The molecule has 0 radical (unpaired) electrons. The van der Waals surface area contributed by atoms with Crippen molar-refractivity contribution in [3.63, 3.8) is 0 Å². The maximum absolute atomic E-state index is 13.9. The molecule has 0 aliphatic heterocycles. The number of amides is 1. The van der Waals surface area contributed by atoms with Gasteiger partial charge in [0.15, 0.2) is 0 Å². The molecule has 3 rings (SSSR count). The van der Waals surface area contributed by atoms with Gasteiger partial charge in [0.25, 0.3) is 5.91 Å². The van der Waals surface area contributed by atoms with E-state index in [2.05, 4.69) is 10.3 Å². The van der Waals surface area contributed by atoms with Crippen molar-refractivity contribution < 1.29 is 19.1 Å². The van der Waals surface area contributed by atoms with Gasteiger partial charge < -0.3 is 10.4 Å². The van der Waals surface area contributed by atoms with Crippen LogP contribution in [0.15, 0.2) is 47.8 Å². The maximum atomic E-state index is 13.9. The largest absolute Gasteiger partial charge is 0.481 e. The first-order valence-corrected chi connectivity index (χ1v) is 9.66. The number of hydrogen-bond donors (Lipinski definition) is 2. The zero-order chi connectivity index (χ0) is 20.3. The first-order chi connectivity index (χ1) is 13.3. The Morgan fingerprint density at radius 3 is 2.64 bits per heavy atom. The third-order valence-electron chi connectivity index (χ3n) is 3.86. The van der Waals surface area contributed by atoms with Crippen molar-refractivity contribution in [1.82, 2.24) is 10.3 Å². The van der Waals surface area contributed by atoms with Crippen LogP contribution in [0, 0.1) is 5.82 Å². The fourth-order valence-electron chi connectivity index (χ4n) is 2.57. The molecule has 0 aliphatic rings. The smallest absolute Gasteiger partial charge is 0.305 e. The van der Waals surface area contributed by atoms with Crippen LogP contribution in [-0.2, 0) is 4.79 Å². The Bertz CT molecular complexity index is 1040. The molecule has 2 aromatic carbocycles. The summed E-state index contributed by atoms with van der Waals surface area (Å²) in [5.41, 5.74) is 0.768. The van der Waals surface area contributed by atoms with E-state index in [9.17, 15) is 19.1 Å². The Kier molecular flexibility index (Phi) is 6.28. The molecule has 28 heavy (non-hydrogen) atoms. The lowest BCUT2D eigenvalue weighted by Gasteiger charge is -2.18. The number of thiazole rings is 1. The summed E-state index contributed by atoms with van der Waals surface area (Å²) < 4.78 is 13.9. The van der Waals surface area contributed by atoms with Crippen LogP contribution < -0.4 is 5.32 Å². The van der Waals surface area contributed by atoms with Crippen LogP contribution in [0.3, 0.4) is 0 Å². The fourth-order valence-corrected chi connectivity index (χ4v) is 3.93. The van der Waals surface area contributed by atoms with Gasteiger partial charge in [-0.25, -0.2) is 9.37 Å². The van der Waals surface area contributed by atoms with Crippen molar-refractivity contribution >= 4 is 46.4 Å². The van der Waals surface area contributed by atoms with Crippen molar-refractivity contribution in [3.05, 3.63) is 75.0 Å². The van der Waals surface area contributed by atoms with Gasteiger partial charge in [-0.2, -0.15) is 0 Å². The number of rotatable bonds is 6. The van der Waals surface area contributed by atoms with Gasteiger partial charge in [0, 0.05) is 21.0 Å². The second-order valence-corrected chi connectivity index (χ2v) is 7.51. The lowest BCUT2D eigenvalue weighted by Crippen LogP contribution is -2.30. The summed E-state index contributed by atoms with van der Waals surface area (Å²) >= 11 is 13.1. The molecule has 0 bridgehead atoms. The van der Waals surface area contributed by atoms with Crippen LogP contribution in [0.25, 0.3) is 10.6 Å². The summed E-state index contributed by atoms with van der Waals surface area (Å²) in [4.78, 5) is 28.0. The molecular formula is C19H13Cl2FN2O3S. The topological polar surface area (TPSA) is 79.3 Å². The van der Waals surface area contributed by atoms with E-state index in [-0.39, 0.29) is 22.7 Å². The number of nitrogens with zero attached hydrogens (tertiary/aromatic N) is 1.